The number of aromatic carboxylic acids is 1. The molecule has 1 aromatic rings. The summed E-state index contributed by atoms with van der Waals surface area (Å²) in [6.45, 7) is -0.719. The van der Waals surface area contributed by atoms with E-state index < -0.39 is 47.9 Å². The maximum atomic E-state index is 12.8. The van der Waals surface area contributed by atoms with E-state index in [1.807, 2.05) is 0 Å². The molecule has 0 saturated heterocycles. The number of pyridine rings is 1. The predicted molar refractivity (Wildman–Crippen MR) is 50.7 cm³/mol. The van der Waals surface area contributed by atoms with Crippen molar-refractivity contribution in [2.24, 2.45) is 5.73 Å². The number of halogens is 5. The van der Waals surface area contributed by atoms with Crippen molar-refractivity contribution in [1.82, 2.24) is 4.98 Å². The number of carboxylic acid groups (broad SMARTS) is 1. The standard InChI is InChI=1S/C9H7F5N2O3/c10-7(11)5-3(1-15)6(8(17)18)16-2-4(5)19-9(12,13)14/h2,7H,1,15H2,(H,17,18). The predicted octanol–water partition coefficient (Wildman–Crippen LogP) is 2.07. The molecule has 0 radical (unpaired) electrons. The van der Waals surface area contributed by atoms with Gasteiger partial charge in [-0.3, -0.25) is 0 Å². The number of nitrogens with two attached hydrogens (primary N) is 1. The molecule has 0 saturated carbocycles. The summed E-state index contributed by atoms with van der Waals surface area (Å²) in [6, 6.07) is 0. The van der Waals surface area contributed by atoms with E-state index in [0.717, 1.165) is 0 Å². The van der Waals surface area contributed by atoms with Gasteiger partial charge in [-0.1, -0.05) is 0 Å². The number of alkyl halides is 5. The van der Waals surface area contributed by atoms with Crippen molar-refractivity contribution in [3.63, 3.8) is 0 Å². The zero-order valence-corrected chi connectivity index (χ0v) is 9.04. The van der Waals surface area contributed by atoms with Gasteiger partial charge in [-0.2, -0.15) is 0 Å². The molecule has 0 aliphatic rings. The van der Waals surface area contributed by atoms with Crippen molar-refractivity contribution in [3.05, 3.63) is 23.0 Å². The average Bonchev–Trinajstić information content (AvgIpc) is 2.25. The van der Waals surface area contributed by atoms with Crippen LogP contribution in [0.15, 0.2) is 6.20 Å². The first-order chi connectivity index (χ1) is 8.67. The van der Waals surface area contributed by atoms with Gasteiger partial charge in [0, 0.05) is 12.1 Å². The topological polar surface area (TPSA) is 85.4 Å². The monoisotopic (exact) mass is 286 g/mol. The molecule has 1 rings (SSSR count). The summed E-state index contributed by atoms with van der Waals surface area (Å²) in [6.07, 6.45) is -8.32. The number of aromatic nitrogens is 1. The Hall–Kier alpha value is -1.97. The van der Waals surface area contributed by atoms with E-state index in [-0.39, 0.29) is 6.20 Å². The number of nitrogens with zero attached hydrogens (tertiary/aromatic N) is 1. The van der Waals surface area contributed by atoms with Crippen LogP contribution in [-0.4, -0.2) is 22.4 Å². The third kappa shape index (κ3) is 3.50. The zero-order valence-electron chi connectivity index (χ0n) is 9.04. The summed E-state index contributed by atoms with van der Waals surface area (Å²) in [5.74, 6) is -2.95. The Kier molecular flexibility index (Phi) is 4.24. The minimum absolute atomic E-state index is 0.275. The third-order valence-electron chi connectivity index (χ3n) is 2.04. The summed E-state index contributed by atoms with van der Waals surface area (Å²) in [5.41, 5.74) is 2.31. The molecule has 0 atom stereocenters. The molecule has 5 nitrogen and oxygen atoms in total. The summed E-state index contributed by atoms with van der Waals surface area (Å²) in [4.78, 5) is 13.9. The van der Waals surface area contributed by atoms with Crippen LogP contribution in [0, 0.1) is 0 Å². The summed E-state index contributed by atoms with van der Waals surface area (Å²) < 4.78 is 65.0. The van der Waals surface area contributed by atoms with E-state index >= 15 is 0 Å². The Morgan fingerprint density at radius 1 is 1.47 bits per heavy atom. The van der Waals surface area contributed by atoms with Crippen LogP contribution in [0.4, 0.5) is 22.0 Å². The van der Waals surface area contributed by atoms with Gasteiger partial charge in [-0.05, 0) is 0 Å². The smallest absolute Gasteiger partial charge is 0.477 e. The fraction of sp³-hybridized carbons (Fsp3) is 0.333. The van der Waals surface area contributed by atoms with Crippen LogP contribution in [-0.2, 0) is 6.54 Å². The normalized spacial score (nSPS) is 11.7. The molecule has 0 fully saturated rings. The molecule has 0 amide bonds. The fourth-order valence-electron chi connectivity index (χ4n) is 1.38. The molecule has 106 valence electrons. The lowest BCUT2D eigenvalue weighted by atomic mass is 10.1. The highest BCUT2D eigenvalue weighted by atomic mass is 19.4. The maximum absolute atomic E-state index is 12.8. The van der Waals surface area contributed by atoms with Gasteiger partial charge in [0.15, 0.2) is 11.4 Å². The molecule has 1 heterocycles. The van der Waals surface area contributed by atoms with E-state index in [9.17, 15) is 26.7 Å². The van der Waals surface area contributed by atoms with Gasteiger partial charge in [-0.15, -0.1) is 13.2 Å². The van der Waals surface area contributed by atoms with Crippen molar-refractivity contribution >= 4 is 5.97 Å². The molecule has 19 heavy (non-hydrogen) atoms. The molecule has 0 aromatic carbocycles. The number of rotatable bonds is 4. The van der Waals surface area contributed by atoms with Crippen LogP contribution >= 0.6 is 0 Å². The van der Waals surface area contributed by atoms with E-state index in [0.29, 0.717) is 0 Å². The molecule has 1 aromatic heterocycles. The Balaban J connectivity index is 3.46. The molecular weight excluding hydrogens is 279 g/mol. The van der Waals surface area contributed by atoms with Crippen LogP contribution in [0.2, 0.25) is 0 Å². The van der Waals surface area contributed by atoms with Crippen molar-refractivity contribution < 1.29 is 36.6 Å². The molecule has 10 heteroatoms. The number of ether oxygens (including phenoxy) is 1. The number of hydrogen-bond donors (Lipinski definition) is 2. The molecule has 3 N–H and O–H groups in total. The van der Waals surface area contributed by atoms with Crippen LogP contribution < -0.4 is 10.5 Å². The maximum Gasteiger partial charge on any atom is 0.573 e. The van der Waals surface area contributed by atoms with Crippen LogP contribution in [0.5, 0.6) is 5.75 Å². The highest BCUT2D eigenvalue weighted by molar-refractivity contribution is 5.87. The van der Waals surface area contributed by atoms with Gasteiger partial charge in [0.25, 0.3) is 6.43 Å². The molecule has 0 aliphatic carbocycles. The van der Waals surface area contributed by atoms with Gasteiger partial charge in [0.2, 0.25) is 0 Å². The summed E-state index contributed by atoms with van der Waals surface area (Å²) in [7, 11) is 0. The van der Waals surface area contributed by atoms with Gasteiger partial charge in [0.05, 0.1) is 11.8 Å². The van der Waals surface area contributed by atoms with Crippen molar-refractivity contribution in [1.29, 1.82) is 0 Å². The van der Waals surface area contributed by atoms with Gasteiger partial charge < -0.3 is 15.6 Å². The van der Waals surface area contributed by atoms with Crippen LogP contribution in [0.3, 0.4) is 0 Å². The quantitative estimate of drug-likeness (QED) is 0.828. The first kappa shape index (κ1) is 15.1. The highest BCUT2D eigenvalue weighted by Crippen LogP contribution is 2.35. The number of carboxylic acids is 1. The molecule has 0 bridgehead atoms. The van der Waals surface area contributed by atoms with Crippen molar-refractivity contribution in [2.45, 2.75) is 19.3 Å². The van der Waals surface area contributed by atoms with Crippen LogP contribution in [0.1, 0.15) is 28.0 Å². The Labute approximate surface area is 102 Å². The highest BCUT2D eigenvalue weighted by Gasteiger charge is 2.35. The molecular formula is C9H7F5N2O3. The van der Waals surface area contributed by atoms with E-state index in [1.165, 1.54) is 0 Å². The Morgan fingerprint density at radius 2 is 2.05 bits per heavy atom. The minimum Gasteiger partial charge on any atom is -0.477 e. The second-order valence-electron chi connectivity index (χ2n) is 3.22. The lowest BCUT2D eigenvalue weighted by Crippen LogP contribution is -2.21. The Morgan fingerprint density at radius 3 is 2.42 bits per heavy atom. The molecule has 0 spiro atoms. The lowest BCUT2D eigenvalue weighted by molar-refractivity contribution is -0.275. The number of hydrogen-bond acceptors (Lipinski definition) is 4. The zero-order chi connectivity index (χ0) is 14.8. The SMILES string of the molecule is NCc1c(C(=O)O)ncc(OC(F)(F)F)c1C(F)F. The van der Waals surface area contributed by atoms with Gasteiger partial charge in [-0.25, -0.2) is 18.6 Å². The first-order valence-corrected chi connectivity index (χ1v) is 4.66. The van der Waals surface area contributed by atoms with E-state index in [4.69, 9.17) is 10.8 Å². The van der Waals surface area contributed by atoms with Crippen molar-refractivity contribution in [2.75, 3.05) is 0 Å². The second-order valence-corrected chi connectivity index (χ2v) is 3.22. The Bertz CT molecular complexity index is 489. The van der Waals surface area contributed by atoms with Gasteiger partial charge in [0.1, 0.15) is 0 Å². The fourth-order valence-corrected chi connectivity index (χ4v) is 1.38. The third-order valence-corrected chi connectivity index (χ3v) is 2.04. The summed E-state index contributed by atoms with van der Waals surface area (Å²) >= 11 is 0. The average molecular weight is 286 g/mol. The van der Waals surface area contributed by atoms with Gasteiger partial charge >= 0.3 is 12.3 Å². The van der Waals surface area contributed by atoms with Crippen LogP contribution in [0.25, 0.3) is 0 Å². The van der Waals surface area contributed by atoms with Crippen molar-refractivity contribution in [3.8, 4) is 5.75 Å². The van der Waals surface area contributed by atoms with E-state index in [2.05, 4.69) is 9.72 Å². The second kappa shape index (κ2) is 5.34. The molecule has 0 unspecified atom stereocenters. The molecule has 0 aliphatic heterocycles. The summed E-state index contributed by atoms with van der Waals surface area (Å²) in [5, 5.41) is 8.70. The lowest BCUT2D eigenvalue weighted by Gasteiger charge is -2.16. The number of carbonyl (C=O) groups is 1. The van der Waals surface area contributed by atoms with E-state index in [1.54, 1.807) is 0 Å². The minimum atomic E-state index is -5.21. The first-order valence-electron chi connectivity index (χ1n) is 4.66. The largest absolute Gasteiger partial charge is 0.573 e.